The highest BCUT2D eigenvalue weighted by molar-refractivity contribution is 7.99. The summed E-state index contributed by atoms with van der Waals surface area (Å²) in [6, 6.07) is 2.93. The second kappa shape index (κ2) is 8.21. The zero-order valence-corrected chi connectivity index (χ0v) is 17.7. The Hall–Kier alpha value is -2.30. The maximum atomic E-state index is 13.4. The van der Waals surface area contributed by atoms with Crippen molar-refractivity contribution in [3.8, 4) is 0 Å². The maximum absolute atomic E-state index is 13.4. The number of pyridine rings is 1. The van der Waals surface area contributed by atoms with Gasteiger partial charge in [-0.05, 0) is 49.6 Å². The molecule has 1 aliphatic heterocycles. The molecule has 29 heavy (non-hydrogen) atoms. The molecule has 1 aliphatic rings. The van der Waals surface area contributed by atoms with E-state index < -0.39 is 4.92 Å². The second-order valence-electron chi connectivity index (χ2n) is 6.80. The number of nitro groups is 1. The molecule has 0 aromatic carbocycles. The highest BCUT2D eigenvalue weighted by Crippen LogP contribution is 2.34. The van der Waals surface area contributed by atoms with Crippen LogP contribution in [0.25, 0.3) is 10.2 Å². The first-order valence-corrected chi connectivity index (χ1v) is 11.0. The Kier molecular flexibility index (Phi) is 5.66. The van der Waals surface area contributed by atoms with Crippen molar-refractivity contribution in [3.05, 3.63) is 49.2 Å². The third kappa shape index (κ3) is 3.79. The molecule has 0 spiro atoms. The van der Waals surface area contributed by atoms with Gasteiger partial charge < -0.3 is 4.74 Å². The van der Waals surface area contributed by atoms with E-state index in [1.807, 2.05) is 13.8 Å². The van der Waals surface area contributed by atoms with E-state index in [0.29, 0.717) is 28.5 Å². The summed E-state index contributed by atoms with van der Waals surface area (Å²) in [6.45, 7) is 5.08. The normalized spacial score (nSPS) is 16.6. The van der Waals surface area contributed by atoms with Crippen LogP contribution in [0.15, 0.2) is 33.3 Å². The van der Waals surface area contributed by atoms with Gasteiger partial charge in [-0.15, -0.1) is 11.3 Å². The van der Waals surface area contributed by atoms with Crippen LogP contribution in [0.5, 0.6) is 0 Å². The number of aromatic nitrogens is 3. The summed E-state index contributed by atoms with van der Waals surface area (Å²) in [5.41, 5.74) is 0.795. The third-order valence-electron chi connectivity index (χ3n) is 4.98. The van der Waals surface area contributed by atoms with E-state index in [1.165, 1.54) is 29.7 Å². The lowest BCUT2D eigenvalue weighted by Gasteiger charge is -2.15. The van der Waals surface area contributed by atoms with E-state index in [1.54, 1.807) is 4.57 Å². The standard InChI is InChI=1S/C19H20N4O4S2/c1-3-13-11(2)28-17-15(13)18(24)22(10-12-6-5-9-27-12)19(21-17)29-16-14(23(25)26)7-4-8-20-16/h4,7-8,12H,3,5-6,9-10H2,1-2H3. The molecule has 4 heterocycles. The van der Waals surface area contributed by atoms with Crippen molar-refractivity contribution >= 4 is 39.0 Å². The number of thiophene rings is 1. The molecule has 1 atom stereocenters. The Morgan fingerprint density at radius 2 is 2.31 bits per heavy atom. The van der Waals surface area contributed by atoms with Crippen LogP contribution in [-0.4, -0.2) is 32.2 Å². The van der Waals surface area contributed by atoms with Gasteiger partial charge in [0.1, 0.15) is 4.83 Å². The van der Waals surface area contributed by atoms with Gasteiger partial charge in [0.05, 0.1) is 23.0 Å². The Morgan fingerprint density at radius 3 is 3.00 bits per heavy atom. The second-order valence-corrected chi connectivity index (χ2v) is 8.96. The van der Waals surface area contributed by atoms with E-state index >= 15 is 0 Å². The van der Waals surface area contributed by atoms with Crippen molar-refractivity contribution in [2.45, 2.75) is 55.9 Å². The van der Waals surface area contributed by atoms with Crippen molar-refractivity contribution in [1.29, 1.82) is 0 Å². The van der Waals surface area contributed by atoms with E-state index in [9.17, 15) is 14.9 Å². The Labute approximate surface area is 175 Å². The number of rotatable bonds is 6. The van der Waals surface area contributed by atoms with Crippen molar-refractivity contribution < 1.29 is 9.66 Å². The zero-order valence-electron chi connectivity index (χ0n) is 16.1. The summed E-state index contributed by atoms with van der Waals surface area (Å²) in [5.74, 6) is 0. The molecule has 152 valence electrons. The predicted octanol–water partition coefficient (Wildman–Crippen LogP) is 3.96. The lowest BCUT2D eigenvalue weighted by atomic mass is 10.1. The average molecular weight is 433 g/mol. The van der Waals surface area contributed by atoms with Crippen LogP contribution in [0.3, 0.4) is 0 Å². The number of fused-ring (bicyclic) bond motifs is 1. The van der Waals surface area contributed by atoms with Crippen LogP contribution in [0.1, 0.15) is 30.2 Å². The summed E-state index contributed by atoms with van der Waals surface area (Å²) >= 11 is 2.54. The molecule has 1 fully saturated rings. The topological polar surface area (TPSA) is 100 Å². The van der Waals surface area contributed by atoms with Crippen LogP contribution in [0.4, 0.5) is 5.69 Å². The van der Waals surface area contributed by atoms with E-state index in [-0.39, 0.29) is 22.4 Å². The van der Waals surface area contributed by atoms with Crippen molar-refractivity contribution in [2.75, 3.05) is 6.61 Å². The van der Waals surface area contributed by atoms with Crippen molar-refractivity contribution in [3.63, 3.8) is 0 Å². The number of ether oxygens (including phenoxy) is 1. The van der Waals surface area contributed by atoms with Gasteiger partial charge in [0.2, 0.25) is 0 Å². The third-order valence-corrected chi connectivity index (χ3v) is 7.02. The first-order chi connectivity index (χ1) is 14.0. The number of nitrogens with zero attached hydrogens (tertiary/aromatic N) is 4. The Bertz CT molecular complexity index is 1140. The minimum absolute atomic E-state index is 0.0603. The number of hydrogen-bond donors (Lipinski definition) is 0. The van der Waals surface area contributed by atoms with Gasteiger partial charge in [0.15, 0.2) is 10.2 Å². The SMILES string of the molecule is CCc1c(C)sc2nc(Sc3ncccc3[N+](=O)[O-])n(CC3CCCO3)c(=O)c12. The summed E-state index contributed by atoms with van der Waals surface area (Å²) in [6.07, 6.45) is 4.03. The van der Waals surface area contributed by atoms with Crippen LogP contribution in [0.2, 0.25) is 0 Å². The minimum atomic E-state index is -0.471. The van der Waals surface area contributed by atoms with E-state index in [4.69, 9.17) is 9.72 Å². The average Bonchev–Trinajstić information content (AvgIpc) is 3.32. The fourth-order valence-corrected chi connectivity index (χ4v) is 5.67. The molecule has 4 rings (SSSR count). The molecule has 8 nitrogen and oxygen atoms in total. The molecular weight excluding hydrogens is 412 g/mol. The monoisotopic (exact) mass is 432 g/mol. The van der Waals surface area contributed by atoms with Crippen molar-refractivity contribution in [2.24, 2.45) is 0 Å². The van der Waals surface area contributed by atoms with E-state index in [2.05, 4.69) is 4.98 Å². The summed E-state index contributed by atoms with van der Waals surface area (Å²) in [4.78, 5) is 35.0. The van der Waals surface area contributed by atoms with Gasteiger partial charge in [-0.3, -0.25) is 19.5 Å². The smallest absolute Gasteiger partial charge is 0.301 e. The highest BCUT2D eigenvalue weighted by Gasteiger charge is 2.25. The van der Waals surface area contributed by atoms with Gasteiger partial charge >= 0.3 is 5.69 Å². The van der Waals surface area contributed by atoms with Gasteiger partial charge in [0, 0.05) is 23.7 Å². The first kappa shape index (κ1) is 20.0. The number of aryl methyl sites for hydroxylation is 2. The zero-order chi connectivity index (χ0) is 20.5. The lowest BCUT2D eigenvalue weighted by Crippen LogP contribution is -2.29. The highest BCUT2D eigenvalue weighted by atomic mass is 32.2. The minimum Gasteiger partial charge on any atom is -0.376 e. The largest absolute Gasteiger partial charge is 0.376 e. The molecule has 0 aliphatic carbocycles. The molecule has 1 unspecified atom stereocenters. The Balaban J connectivity index is 1.87. The van der Waals surface area contributed by atoms with Crippen molar-refractivity contribution in [1.82, 2.24) is 14.5 Å². The molecule has 0 N–H and O–H groups in total. The van der Waals surface area contributed by atoms with E-state index in [0.717, 1.165) is 41.5 Å². The van der Waals surface area contributed by atoms with Crippen LogP contribution >= 0.6 is 23.1 Å². The molecule has 1 saturated heterocycles. The maximum Gasteiger partial charge on any atom is 0.301 e. The molecular formula is C19H20N4O4S2. The van der Waals surface area contributed by atoms with Gasteiger partial charge in [-0.1, -0.05) is 6.92 Å². The first-order valence-electron chi connectivity index (χ1n) is 9.41. The summed E-state index contributed by atoms with van der Waals surface area (Å²) in [5, 5.41) is 12.7. The van der Waals surface area contributed by atoms with Crippen LogP contribution in [0, 0.1) is 17.0 Å². The summed E-state index contributed by atoms with van der Waals surface area (Å²) < 4.78 is 7.34. The van der Waals surface area contributed by atoms with Crippen LogP contribution in [-0.2, 0) is 17.7 Å². The molecule has 0 radical (unpaired) electrons. The fourth-order valence-electron chi connectivity index (χ4n) is 3.57. The quantitative estimate of drug-likeness (QED) is 0.330. The molecule has 3 aromatic rings. The Morgan fingerprint density at radius 1 is 1.48 bits per heavy atom. The molecule has 3 aromatic heterocycles. The van der Waals surface area contributed by atoms with Gasteiger partial charge in [0.25, 0.3) is 5.56 Å². The van der Waals surface area contributed by atoms with Gasteiger partial charge in [-0.2, -0.15) is 0 Å². The fraction of sp³-hybridized carbons (Fsp3) is 0.421. The number of hydrogen-bond acceptors (Lipinski definition) is 8. The predicted molar refractivity (Wildman–Crippen MR) is 112 cm³/mol. The van der Waals surface area contributed by atoms with Crippen LogP contribution < -0.4 is 5.56 Å². The van der Waals surface area contributed by atoms with Gasteiger partial charge in [-0.25, -0.2) is 9.97 Å². The molecule has 10 heteroatoms. The molecule has 0 amide bonds. The lowest BCUT2D eigenvalue weighted by molar-refractivity contribution is -0.388. The molecule has 0 bridgehead atoms. The molecule has 0 saturated carbocycles. The summed E-state index contributed by atoms with van der Waals surface area (Å²) in [7, 11) is 0.